The lowest BCUT2D eigenvalue weighted by Crippen LogP contribution is -2.22. The highest BCUT2D eigenvalue weighted by atomic mass is 14.9. The Kier molecular flexibility index (Phi) is 3.84. The second-order valence-electron chi connectivity index (χ2n) is 5.83. The van der Waals surface area contributed by atoms with Gasteiger partial charge in [0.05, 0.1) is 0 Å². The number of anilines is 1. The fourth-order valence-electron chi connectivity index (χ4n) is 2.75. The van der Waals surface area contributed by atoms with Crippen molar-refractivity contribution >= 4 is 5.69 Å². The SMILES string of the molecule is c1cc(NC2CCCCC2)ccc1CNC1CC1. The van der Waals surface area contributed by atoms with Crippen LogP contribution in [0.25, 0.3) is 0 Å². The van der Waals surface area contributed by atoms with Crippen LogP contribution in [0.1, 0.15) is 50.5 Å². The first-order valence-corrected chi connectivity index (χ1v) is 7.49. The van der Waals surface area contributed by atoms with Crippen molar-refractivity contribution in [2.45, 2.75) is 63.6 Å². The Morgan fingerprint density at radius 3 is 2.22 bits per heavy atom. The molecule has 0 saturated heterocycles. The summed E-state index contributed by atoms with van der Waals surface area (Å²) in [6.45, 7) is 1.02. The van der Waals surface area contributed by atoms with E-state index >= 15 is 0 Å². The van der Waals surface area contributed by atoms with Gasteiger partial charge in [-0.25, -0.2) is 0 Å². The van der Waals surface area contributed by atoms with Gasteiger partial charge in [0.1, 0.15) is 0 Å². The number of benzene rings is 1. The van der Waals surface area contributed by atoms with Crippen molar-refractivity contribution in [3.8, 4) is 0 Å². The van der Waals surface area contributed by atoms with Gasteiger partial charge in [0, 0.05) is 24.3 Å². The van der Waals surface area contributed by atoms with Crippen LogP contribution in [-0.2, 0) is 6.54 Å². The molecule has 98 valence electrons. The normalized spacial score (nSPS) is 20.9. The Morgan fingerprint density at radius 2 is 1.56 bits per heavy atom. The fourth-order valence-corrected chi connectivity index (χ4v) is 2.75. The molecule has 0 bridgehead atoms. The molecule has 0 radical (unpaired) electrons. The average molecular weight is 244 g/mol. The van der Waals surface area contributed by atoms with E-state index in [1.54, 1.807) is 0 Å². The van der Waals surface area contributed by atoms with E-state index in [1.807, 2.05) is 0 Å². The minimum absolute atomic E-state index is 0.703. The monoisotopic (exact) mass is 244 g/mol. The Labute approximate surface area is 110 Å². The summed E-state index contributed by atoms with van der Waals surface area (Å²) in [4.78, 5) is 0. The maximum Gasteiger partial charge on any atom is 0.0342 e. The number of hydrogen-bond donors (Lipinski definition) is 2. The first kappa shape index (κ1) is 12.0. The van der Waals surface area contributed by atoms with E-state index in [1.165, 1.54) is 56.2 Å². The highest BCUT2D eigenvalue weighted by Gasteiger charge is 2.19. The first-order valence-electron chi connectivity index (χ1n) is 7.49. The molecule has 2 N–H and O–H groups in total. The van der Waals surface area contributed by atoms with E-state index in [4.69, 9.17) is 0 Å². The average Bonchev–Trinajstić information content (AvgIpc) is 3.23. The molecule has 2 aliphatic rings. The molecule has 1 aromatic rings. The van der Waals surface area contributed by atoms with Crippen LogP contribution in [0, 0.1) is 0 Å². The summed E-state index contributed by atoms with van der Waals surface area (Å²) < 4.78 is 0. The molecule has 2 nitrogen and oxygen atoms in total. The molecule has 18 heavy (non-hydrogen) atoms. The molecule has 0 atom stereocenters. The first-order chi connectivity index (χ1) is 8.90. The predicted molar refractivity (Wildman–Crippen MR) is 76.8 cm³/mol. The molecule has 0 aliphatic heterocycles. The number of hydrogen-bond acceptors (Lipinski definition) is 2. The van der Waals surface area contributed by atoms with E-state index in [0.29, 0.717) is 6.04 Å². The van der Waals surface area contributed by atoms with Crippen LogP contribution >= 0.6 is 0 Å². The molecule has 2 aliphatic carbocycles. The molecule has 0 unspecified atom stereocenters. The molecule has 3 rings (SSSR count). The predicted octanol–water partition coefficient (Wildman–Crippen LogP) is 3.68. The largest absolute Gasteiger partial charge is 0.382 e. The van der Waals surface area contributed by atoms with E-state index in [9.17, 15) is 0 Å². The van der Waals surface area contributed by atoms with Gasteiger partial charge in [-0.05, 0) is 43.4 Å². The lowest BCUT2D eigenvalue weighted by molar-refractivity contribution is 0.463. The van der Waals surface area contributed by atoms with Gasteiger partial charge in [-0.2, -0.15) is 0 Å². The lowest BCUT2D eigenvalue weighted by Gasteiger charge is -2.23. The molecule has 0 aromatic heterocycles. The molecular weight excluding hydrogens is 220 g/mol. The Morgan fingerprint density at radius 1 is 0.833 bits per heavy atom. The fraction of sp³-hybridized carbons (Fsp3) is 0.625. The third-order valence-electron chi connectivity index (χ3n) is 4.10. The van der Waals surface area contributed by atoms with Crippen LogP contribution in [0.5, 0.6) is 0 Å². The third-order valence-corrected chi connectivity index (χ3v) is 4.10. The molecule has 2 fully saturated rings. The zero-order valence-electron chi connectivity index (χ0n) is 11.1. The highest BCUT2D eigenvalue weighted by Crippen LogP contribution is 2.22. The number of nitrogens with one attached hydrogen (secondary N) is 2. The molecule has 1 aromatic carbocycles. The van der Waals surface area contributed by atoms with Gasteiger partial charge in [0.2, 0.25) is 0 Å². The van der Waals surface area contributed by atoms with Gasteiger partial charge in [-0.15, -0.1) is 0 Å². The van der Waals surface area contributed by atoms with E-state index in [-0.39, 0.29) is 0 Å². The summed E-state index contributed by atoms with van der Waals surface area (Å²) in [6, 6.07) is 10.5. The molecule has 2 saturated carbocycles. The molecule has 0 spiro atoms. The van der Waals surface area contributed by atoms with E-state index < -0.39 is 0 Å². The van der Waals surface area contributed by atoms with Gasteiger partial charge in [-0.3, -0.25) is 0 Å². The van der Waals surface area contributed by atoms with Crippen molar-refractivity contribution in [2.75, 3.05) is 5.32 Å². The topological polar surface area (TPSA) is 24.1 Å². The second kappa shape index (κ2) is 5.75. The van der Waals surface area contributed by atoms with Crippen molar-refractivity contribution in [1.29, 1.82) is 0 Å². The second-order valence-corrected chi connectivity index (χ2v) is 5.83. The van der Waals surface area contributed by atoms with Gasteiger partial charge in [0.25, 0.3) is 0 Å². The van der Waals surface area contributed by atoms with Gasteiger partial charge in [-0.1, -0.05) is 31.4 Å². The highest BCUT2D eigenvalue weighted by molar-refractivity contribution is 5.45. The van der Waals surface area contributed by atoms with Gasteiger partial charge >= 0.3 is 0 Å². The van der Waals surface area contributed by atoms with Gasteiger partial charge < -0.3 is 10.6 Å². The summed E-state index contributed by atoms with van der Waals surface area (Å²) in [5.74, 6) is 0. The summed E-state index contributed by atoms with van der Waals surface area (Å²) in [6.07, 6.45) is 9.60. The number of rotatable bonds is 5. The molecule has 2 heteroatoms. The Hall–Kier alpha value is -1.02. The van der Waals surface area contributed by atoms with E-state index in [2.05, 4.69) is 34.9 Å². The standard InChI is InChI=1S/C16H24N2/c1-2-4-15(5-3-1)18-16-8-6-13(7-9-16)12-17-14-10-11-14/h6-9,14-15,17-18H,1-5,10-12H2. The van der Waals surface area contributed by atoms with Crippen LogP contribution < -0.4 is 10.6 Å². The van der Waals surface area contributed by atoms with Crippen LogP contribution in [0.2, 0.25) is 0 Å². The Balaban J connectivity index is 1.49. The molecular formula is C16H24N2. The van der Waals surface area contributed by atoms with Gasteiger partial charge in [0.15, 0.2) is 0 Å². The summed E-state index contributed by atoms with van der Waals surface area (Å²) >= 11 is 0. The summed E-state index contributed by atoms with van der Waals surface area (Å²) in [7, 11) is 0. The minimum atomic E-state index is 0.703. The van der Waals surface area contributed by atoms with Crippen LogP contribution in [0.15, 0.2) is 24.3 Å². The smallest absolute Gasteiger partial charge is 0.0342 e. The summed E-state index contributed by atoms with van der Waals surface area (Å²) in [5, 5.41) is 7.22. The van der Waals surface area contributed by atoms with E-state index in [0.717, 1.165) is 12.6 Å². The Bertz CT molecular complexity index is 361. The third kappa shape index (κ3) is 3.49. The van der Waals surface area contributed by atoms with Crippen LogP contribution in [-0.4, -0.2) is 12.1 Å². The van der Waals surface area contributed by atoms with Crippen molar-refractivity contribution in [3.63, 3.8) is 0 Å². The van der Waals surface area contributed by atoms with Crippen molar-refractivity contribution in [1.82, 2.24) is 5.32 Å². The van der Waals surface area contributed by atoms with Crippen molar-refractivity contribution < 1.29 is 0 Å². The molecule has 0 amide bonds. The van der Waals surface area contributed by atoms with Crippen molar-refractivity contribution in [2.24, 2.45) is 0 Å². The summed E-state index contributed by atoms with van der Waals surface area (Å²) in [5.41, 5.74) is 2.69. The van der Waals surface area contributed by atoms with Crippen LogP contribution in [0.4, 0.5) is 5.69 Å². The van der Waals surface area contributed by atoms with Crippen molar-refractivity contribution in [3.05, 3.63) is 29.8 Å². The zero-order chi connectivity index (χ0) is 12.2. The molecule has 0 heterocycles. The quantitative estimate of drug-likeness (QED) is 0.825. The minimum Gasteiger partial charge on any atom is -0.382 e. The lowest BCUT2D eigenvalue weighted by atomic mass is 9.95. The maximum atomic E-state index is 3.66. The van der Waals surface area contributed by atoms with Crippen LogP contribution in [0.3, 0.4) is 0 Å². The maximum absolute atomic E-state index is 3.66. The zero-order valence-corrected chi connectivity index (χ0v) is 11.1.